The Morgan fingerprint density at radius 1 is 1.33 bits per heavy atom. The Labute approximate surface area is 110 Å². The van der Waals surface area contributed by atoms with Crippen molar-refractivity contribution in [3.05, 3.63) is 0 Å². The van der Waals surface area contributed by atoms with Gasteiger partial charge in [-0.2, -0.15) is 0 Å². The second-order valence-corrected chi connectivity index (χ2v) is 6.14. The highest BCUT2D eigenvalue weighted by molar-refractivity contribution is 5.74. The molecule has 0 spiro atoms. The van der Waals surface area contributed by atoms with E-state index < -0.39 is 0 Å². The molecule has 104 valence electrons. The van der Waals surface area contributed by atoms with E-state index >= 15 is 0 Å². The Hall–Kier alpha value is -0.770. The maximum absolute atomic E-state index is 12.0. The molecule has 2 rings (SSSR count). The molecule has 1 aliphatic heterocycles. The van der Waals surface area contributed by atoms with Gasteiger partial charge in [-0.25, -0.2) is 4.79 Å². The van der Waals surface area contributed by atoms with Crippen molar-refractivity contribution < 1.29 is 9.53 Å². The Morgan fingerprint density at radius 2 is 2.00 bits per heavy atom. The molecule has 4 nitrogen and oxygen atoms in total. The van der Waals surface area contributed by atoms with E-state index in [1.165, 1.54) is 12.8 Å². The number of carbonyl (C=O) groups is 1. The maximum atomic E-state index is 12.0. The Morgan fingerprint density at radius 3 is 2.56 bits per heavy atom. The molecule has 1 saturated carbocycles. The molecule has 4 heteroatoms. The molecule has 1 N–H and O–H groups in total. The van der Waals surface area contributed by atoms with E-state index in [9.17, 15) is 4.79 Å². The number of nitrogens with one attached hydrogen (secondary N) is 1. The summed E-state index contributed by atoms with van der Waals surface area (Å²) in [5.41, 5.74) is 0.382. The van der Waals surface area contributed by atoms with Crippen LogP contribution in [0.2, 0.25) is 0 Å². The molecule has 0 bridgehead atoms. The van der Waals surface area contributed by atoms with Crippen LogP contribution in [-0.4, -0.2) is 43.8 Å². The minimum Gasteiger partial charge on any atom is -0.378 e. The van der Waals surface area contributed by atoms with Crippen molar-refractivity contribution in [1.82, 2.24) is 10.2 Å². The molecule has 0 aromatic carbocycles. The first kappa shape index (κ1) is 13.7. The second-order valence-electron chi connectivity index (χ2n) is 6.14. The van der Waals surface area contributed by atoms with Crippen LogP contribution in [0.15, 0.2) is 0 Å². The Balaban J connectivity index is 1.73. The summed E-state index contributed by atoms with van der Waals surface area (Å²) in [6, 6.07) is 0.0778. The molecule has 2 fully saturated rings. The van der Waals surface area contributed by atoms with E-state index in [4.69, 9.17) is 4.74 Å². The van der Waals surface area contributed by atoms with Crippen LogP contribution in [0.3, 0.4) is 0 Å². The van der Waals surface area contributed by atoms with Crippen molar-refractivity contribution in [3.63, 3.8) is 0 Å². The molecule has 0 aromatic heterocycles. The van der Waals surface area contributed by atoms with Crippen molar-refractivity contribution >= 4 is 6.03 Å². The molecule has 18 heavy (non-hydrogen) atoms. The summed E-state index contributed by atoms with van der Waals surface area (Å²) in [5, 5.41) is 3.09. The van der Waals surface area contributed by atoms with Gasteiger partial charge in [-0.15, -0.1) is 0 Å². The summed E-state index contributed by atoms with van der Waals surface area (Å²) >= 11 is 0. The monoisotopic (exact) mass is 254 g/mol. The summed E-state index contributed by atoms with van der Waals surface area (Å²) in [6.07, 6.45) is 2.51. The fraction of sp³-hybridized carbons (Fsp3) is 0.929. The van der Waals surface area contributed by atoms with Gasteiger partial charge >= 0.3 is 6.03 Å². The number of urea groups is 1. The predicted molar refractivity (Wildman–Crippen MR) is 71.5 cm³/mol. The van der Waals surface area contributed by atoms with Gasteiger partial charge in [0.25, 0.3) is 0 Å². The van der Waals surface area contributed by atoms with Gasteiger partial charge in [0.05, 0.1) is 13.2 Å². The summed E-state index contributed by atoms with van der Waals surface area (Å²) in [5.74, 6) is 1.45. The molecule has 2 amide bonds. The zero-order chi connectivity index (χ0) is 13.2. The SMILES string of the molecule is CCC1CC(CNC(=O)N2CCOCC2)C1(C)C. The van der Waals surface area contributed by atoms with E-state index in [1.54, 1.807) is 0 Å². The molecule has 0 radical (unpaired) electrons. The number of carbonyl (C=O) groups excluding carboxylic acids is 1. The summed E-state index contributed by atoms with van der Waals surface area (Å²) < 4.78 is 5.25. The van der Waals surface area contributed by atoms with Crippen LogP contribution in [0.1, 0.15) is 33.6 Å². The van der Waals surface area contributed by atoms with Crippen LogP contribution in [0.4, 0.5) is 4.79 Å². The third kappa shape index (κ3) is 2.63. The number of morpholine rings is 1. The highest BCUT2D eigenvalue weighted by atomic mass is 16.5. The summed E-state index contributed by atoms with van der Waals surface area (Å²) in [7, 11) is 0. The lowest BCUT2D eigenvalue weighted by molar-refractivity contribution is -0.0207. The van der Waals surface area contributed by atoms with Crippen molar-refractivity contribution in [3.8, 4) is 0 Å². The van der Waals surface area contributed by atoms with Crippen LogP contribution >= 0.6 is 0 Å². The smallest absolute Gasteiger partial charge is 0.317 e. The number of nitrogens with zero attached hydrogens (tertiary/aromatic N) is 1. The van der Waals surface area contributed by atoms with E-state index in [0.29, 0.717) is 24.5 Å². The largest absolute Gasteiger partial charge is 0.378 e. The summed E-state index contributed by atoms with van der Waals surface area (Å²) in [4.78, 5) is 13.8. The van der Waals surface area contributed by atoms with Crippen molar-refractivity contribution in [2.75, 3.05) is 32.8 Å². The number of rotatable bonds is 3. The first-order chi connectivity index (χ1) is 8.55. The first-order valence-corrected chi connectivity index (χ1v) is 7.16. The first-order valence-electron chi connectivity index (χ1n) is 7.16. The molecule has 2 atom stereocenters. The average molecular weight is 254 g/mol. The maximum Gasteiger partial charge on any atom is 0.317 e. The van der Waals surface area contributed by atoms with E-state index in [2.05, 4.69) is 26.1 Å². The second kappa shape index (κ2) is 5.47. The molecule has 1 heterocycles. The molecular weight excluding hydrogens is 228 g/mol. The van der Waals surface area contributed by atoms with Crippen LogP contribution in [0.25, 0.3) is 0 Å². The lowest BCUT2D eigenvalue weighted by Gasteiger charge is -2.52. The standard InChI is InChI=1S/C14H26N2O2/c1-4-11-9-12(14(11,2)3)10-15-13(17)16-5-7-18-8-6-16/h11-12H,4-10H2,1-3H3,(H,15,17). The van der Waals surface area contributed by atoms with Crippen LogP contribution in [0.5, 0.6) is 0 Å². The zero-order valence-corrected chi connectivity index (χ0v) is 11.9. The minimum atomic E-state index is 0.0778. The Bertz CT molecular complexity index is 298. The quantitative estimate of drug-likeness (QED) is 0.838. The third-order valence-corrected chi connectivity index (χ3v) is 4.96. The van der Waals surface area contributed by atoms with Crippen molar-refractivity contribution in [2.45, 2.75) is 33.6 Å². The molecule has 0 aromatic rings. The van der Waals surface area contributed by atoms with Crippen LogP contribution in [0, 0.1) is 17.3 Å². The van der Waals surface area contributed by atoms with Gasteiger partial charge in [0, 0.05) is 19.6 Å². The highest BCUT2D eigenvalue weighted by Gasteiger charge is 2.46. The fourth-order valence-corrected chi connectivity index (χ4v) is 3.25. The van der Waals surface area contributed by atoms with Crippen molar-refractivity contribution in [2.24, 2.45) is 17.3 Å². The van der Waals surface area contributed by atoms with Crippen LogP contribution < -0.4 is 5.32 Å². The lowest BCUT2D eigenvalue weighted by Crippen LogP contribution is -2.53. The van der Waals surface area contributed by atoms with Crippen LogP contribution in [-0.2, 0) is 4.74 Å². The van der Waals surface area contributed by atoms with E-state index in [0.717, 1.165) is 25.6 Å². The normalized spacial score (nSPS) is 30.7. The van der Waals surface area contributed by atoms with Gasteiger partial charge < -0.3 is 15.0 Å². The van der Waals surface area contributed by atoms with Gasteiger partial charge in [0.2, 0.25) is 0 Å². The minimum absolute atomic E-state index is 0.0778. The predicted octanol–water partition coefficient (Wildman–Crippen LogP) is 2.10. The highest BCUT2D eigenvalue weighted by Crippen LogP contribution is 2.52. The number of amides is 2. The topological polar surface area (TPSA) is 41.6 Å². The lowest BCUT2D eigenvalue weighted by atomic mass is 9.54. The molecule has 1 aliphatic carbocycles. The van der Waals surface area contributed by atoms with E-state index in [1.807, 2.05) is 4.90 Å². The van der Waals surface area contributed by atoms with Gasteiger partial charge in [-0.3, -0.25) is 0 Å². The van der Waals surface area contributed by atoms with Gasteiger partial charge in [0.15, 0.2) is 0 Å². The zero-order valence-electron chi connectivity index (χ0n) is 11.9. The van der Waals surface area contributed by atoms with E-state index in [-0.39, 0.29) is 6.03 Å². The van der Waals surface area contributed by atoms with Gasteiger partial charge in [-0.1, -0.05) is 27.2 Å². The Kier molecular flexibility index (Phi) is 4.15. The average Bonchev–Trinajstić information content (AvgIpc) is 2.38. The third-order valence-electron chi connectivity index (χ3n) is 4.96. The number of hydrogen-bond acceptors (Lipinski definition) is 2. The summed E-state index contributed by atoms with van der Waals surface area (Å²) in [6.45, 7) is 10.5. The van der Waals surface area contributed by atoms with Gasteiger partial charge in [-0.05, 0) is 23.7 Å². The molecule has 1 saturated heterocycles. The molecular formula is C14H26N2O2. The number of ether oxygens (including phenoxy) is 1. The molecule has 2 aliphatic rings. The fourth-order valence-electron chi connectivity index (χ4n) is 3.25. The van der Waals surface area contributed by atoms with Gasteiger partial charge in [0.1, 0.15) is 0 Å². The van der Waals surface area contributed by atoms with Crippen molar-refractivity contribution in [1.29, 1.82) is 0 Å². The molecule has 2 unspecified atom stereocenters. The number of hydrogen-bond donors (Lipinski definition) is 1.